The summed E-state index contributed by atoms with van der Waals surface area (Å²) in [5.74, 6) is 0.221. The van der Waals surface area contributed by atoms with E-state index < -0.39 is 0 Å². The lowest BCUT2D eigenvalue weighted by Gasteiger charge is -2.08. The molecule has 0 radical (unpaired) electrons. The highest BCUT2D eigenvalue weighted by Crippen LogP contribution is 2.27. The maximum absolute atomic E-state index is 13.5. The molecule has 3 rings (SSSR count). The lowest BCUT2D eigenvalue weighted by Crippen LogP contribution is -2.00. The molecule has 0 amide bonds. The maximum Gasteiger partial charge on any atom is 0.127 e. The smallest absolute Gasteiger partial charge is 0.127 e. The molecule has 3 aromatic rings. The molecule has 4 N–H and O–H groups in total. The molecule has 6 heteroatoms. The summed E-state index contributed by atoms with van der Waals surface area (Å²) in [6, 6.07) is 12.8. The normalized spacial score (nSPS) is 10.0. The summed E-state index contributed by atoms with van der Waals surface area (Å²) >= 11 is 0. The van der Waals surface area contributed by atoms with Gasteiger partial charge in [0.25, 0.3) is 0 Å². The summed E-state index contributed by atoms with van der Waals surface area (Å²) in [7, 11) is 0. The van der Waals surface area contributed by atoms with Gasteiger partial charge >= 0.3 is 0 Å². The first kappa shape index (κ1) is 19.2. The van der Waals surface area contributed by atoms with Crippen molar-refractivity contribution in [2.75, 3.05) is 5.73 Å². The topological polar surface area (TPSA) is 64.9 Å². The van der Waals surface area contributed by atoms with Crippen molar-refractivity contribution in [2.45, 2.75) is 13.5 Å². The zero-order chi connectivity index (χ0) is 15.0. The van der Waals surface area contributed by atoms with Gasteiger partial charge in [0.05, 0.1) is 5.52 Å². The summed E-state index contributed by atoms with van der Waals surface area (Å²) < 4.78 is 13.5. The van der Waals surface area contributed by atoms with E-state index in [1.807, 2.05) is 31.2 Å². The molecule has 0 atom stereocenters. The van der Waals surface area contributed by atoms with Crippen LogP contribution in [-0.4, -0.2) is 4.98 Å². The Morgan fingerprint density at radius 1 is 1.00 bits per heavy atom. The fraction of sp³-hybridized carbons (Fsp3) is 0.118. The number of nitrogen functional groups attached to an aromatic ring is 1. The Kier molecular flexibility index (Phi) is 6.33. The molecule has 0 aliphatic carbocycles. The highest BCUT2D eigenvalue weighted by molar-refractivity contribution is 5.88. The van der Waals surface area contributed by atoms with Gasteiger partial charge in [0.2, 0.25) is 0 Å². The molecule has 23 heavy (non-hydrogen) atoms. The van der Waals surface area contributed by atoms with Crippen LogP contribution in [-0.2, 0) is 6.54 Å². The predicted molar refractivity (Wildman–Crippen MR) is 98.7 cm³/mol. The van der Waals surface area contributed by atoms with Crippen LogP contribution in [0.3, 0.4) is 0 Å². The second kappa shape index (κ2) is 7.59. The van der Waals surface area contributed by atoms with Gasteiger partial charge in [-0.3, -0.25) is 0 Å². The molecule has 3 nitrogen and oxygen atoms in total. The van der Waals surface area contributed by atoms with E-state index in [0.717, 1.165) is 27.6 Å². The molecule has 0 saturated heterocycles. The lowest BCUT2D eigenvalue weighted by molar-refractivity contribution is 0.611. The average molecular weight is 354 g/mol. The molecular weight excluding hydrogens is 336 g/mol. The van der Waals surface area contributed by atoms with Crippen molar-refractivity contribution in [3.63, 3.8) is 0 Å². The monoisotopic (exact) mass is 353 g/mol. The molecule has 0 saturated carbocycles. The summed E-state index contributed by atoms with van der Waals surface area (Å²) in [6.45, 7) is 2.18. The molecule has 122 valence electrons. The van der Waals surface area contributed by atoms with Crippen LogP contribution in [0.25, 0.3) is 22.0 Å². The van der Waals surface area contributed by atoms with E-state index in [4.69, 9.17) is 11.5 Å². The third kappa shape index (κ3) is 3.72. The van der Waals surface area contributed by atoms with Gasteiger partial charge < -0.3 is 11.5 Å². The highest BCUT2D eigenvalue weighted by Gasteiger charge is 2.07. The van der Waals surface area contributed by atoms with Gasteiger partial charge in [0.15, 0.2) is 0 Å². The molecule has 1 aromatic heterocycles. The predicted octanol–water partition coefficient (Wildman–Crippen LogP) is 4.23. The number of rotatable bonds is 2. The number of aryl methyl sites for hydroxylation is 1. The van der Waals surface area contributed by atoms with Gasteiger partial charge in [0.1, 0.15) is 11.6 Å². The first-order valence-electron chi connectivity index (χ1n) is 6.74. The second-order valence-corrected chi connectivity index (χ2v) is 5.11. The van der Waals surface area contributed by atoms with Crippen LogP contribution in [0, 0.1) is 12.7 Å². The van der Waals surface area contributed by atoms with Crippen LogP contribution in [0.15, 0.2) is 42.5 Å². The molecule has 0 spiro atoms. The van der Waals surface area contributed by atoms with E-state index in [1.165, 1.54) is 6.07 Å². The lowest BCUT2D eigenvalue weighted by atomic mass is 10.00. The van der Waals surface area contributed by atoms with Gasteiger partial charge in [-0.25, -0.2) is 9.37 Å². The third-order valence-electron chi connectivity index (χ3n) is 3.64. The van der Waals surface area contributed by atoms with Gasteiger partial charge in [0, 0.05) is 17.5 Å². The van der Waals surface area contributed by atoms with E-state index in [-0.39, 0.29) is 37.2 Å². The van der Waals surface area contributed by atoms with Crippen LogP contribution in [0.5, 0.6) is 0 Å². The number of nitrogens with zero attached hydrogens (tertiary/aromatic N) is 1. The van der Waals surface area contributed by atoms with Gasteiger partial charge in [-0.2, -0.15) is 0 Å². The van der Waals surface area contributed by atoms with Crippen LogP contribution >= 0.6 is 24.8 Å². The number of hydrogen-bond acceptors (Lipinski definition) is 3. The summed E-state index contributed by atoms with van der Waals surface area (Å²) in [6.07, 6.45) is 0. The average Bonchev–Trinajstić information content (AvgIpc) is 2.47. The number of nitrogens with two attached hydrogens (primary N) is 2. The highest BCUT2D eigenvalue weighted by atomic mass is 35.5. The van der Waals surface area contributed by atoms with Crippen molar-refractivity contribution in [2.24, 2.45) is 5.73 Å². The molecule has 0 fully saturated rings. The van der Waals surface area contributed by atoms with E-state index in [1.54, 1.807) is 12.1 Å². The van der Waals surface area contributed by atoms with E-state index >= 15 is 0 Å². The number of anilines is 1. The number of halogens is 3. The quantitative estimate of drug-likeness (QED) is 0.724. The minimum absolute atomic E-state index is 0. The maximum atomic E-state index is 13.5. The van der Waals surface area contributed by atoms with Crippen molar-refractivity contribution < 1.29 is 4.39 Å². The Hall–Kier alpha value is -1.88. The fourth-order valence-electron chi connectivity index (χ4n) is 2.52. The Morgan fingerprint density at radius 2 is 1.65 bits per heavy atom. The van der Waals surface area contributed by atoms with Crippen LogP contribution in [0.4, 0.5) is 10.2 Å². The largest absolute Gasteiger partial charge is 0.384 e. The fourth-order valence-corrected chi connectivity index (χ4v) is 2.52. The van der Waals surface area contributed by atoms with Crippen LogP contribution in [0.2, 0.25) is 0 Å². The summed E-state index contributed by atoms with van der Waals surface area (Å²) in [4.78, 5) is 4.36. The second-order valence-electron chi connectivity index (χ2n) is 5.11. The first-order chi connectivity index (χ1) is 10.1. The summed E-state index contributed by atoms with van der Waals surface area (Å²) in [5.41, 5.74) is 15.7. The number of fused-ring (bicyclic) bond motifs is 1. The Balaban J connectivity index is 0.00000132. The third-order valence-corrected chi connectivity index (χ3v) is 3.64. The Bertz CT molecular complexity index is 837. The van der Waals surface area contributed by atoms with Gasteiger partial charge in [-0.1, -0.05) is 18.2 Å². The molecular formula is C17H18Cl2FN3. The molecule has 0 bridgehead atoms. The zero-order valence-electron chi connectivity index (χ0n) is 12.5. The Labute approximate surface area is 146 Å². The standard InChI is InChI=1S/C17H16FN3.2ClH/c1-10-6-17(20)21-16-8-12(2-4-14(10)16)11-3-5-15(18)13(7-11)9-19;;/h2-8H,9,19H2,1H3,(H2,20,21);2*1H. The molecule has 1 heterocycles. The van der Waals surface area contributed by atoms with Crippen molar-refractivity contribution in [3.8, 4) is 11.1 Å². The Morgan fingerprint density at radius 3 is 2.35 bits per heavy atom. The van der Waals surface area contributed by atoms with Crippen molar-refractivity contribution in [3.05, 3.63) is 59.4 Å². The van der Waals surface area contributed by atoms with E-state index in [9.17, 15) is 4.39 Å². The van der Waals surface area contributed by atoms with Crippen LogP contribution in [0.1, 0.15) is 11.1 Å². The van der Waals surface area contributed by atoms with E-state index in [0.29, 0.717) is 11.4 Å². The van der Waals surface area contributed by atoms with Crippen molar-refractivity contribution in [1.29, 1.82) is 0 Å². The summed E-state index contributed by atoms with van der Waals surface area (Å²) in [5, 5.41) is 1.06. The number of pyridine rings is 1. The number of hydrogen-bond donors (Lipinski definition) is 2. The first-order valence-corrected chi connectivity index (χ1v) is 6.74. The van der Waals surface area contributed by atoms with Crippen molar-refractivity contribution >= 4 is 41.5 Å². The van der Waals surface area contributed by atoms with Gasteiger partial charge in [-0.05, 0) is 47.9 Å². The SMILES string of the molecule is Cc1cc(N)nc2cc(-c3ccc(F)c(CN)c3)ccc12.Cl.Cl. The van der Waals surface area contributed by atoms with Crippen LogP contribution < -0.4 is 11.5 Å². The minimum Gasteiger partial charge on any atom is -0.384 e. The molecule has 0 aliphatic heterocycles. The molecule has 0 unspecified atom stereocenters. The zero-order valence-corrected chi connectivity index (χ0v) is 14.2. The number of benzene rings is 2. The number of aromatic nitrogens is 1. The molecule has 2 aromatic carbocycles. The minimum atomic E-state index is -0.278. The van der Waals surface area contributed by atoms with Crippen molar-refractivity contribution in [1.82, 2.24) is 4.98 Å². The molecule has 0 aliphatic rings. The van der Waals surface area contributed by atoms with Gasteiger partial charge in [-0.15, -0.1) is 24.8 Å². The van der Waals surface area contributed by atoms with E-state index in [2.05, 4.69) is 4.98 Å².